The zero-order valence-corrected chi connectivity index (χ0v) is 8.97. The topological polar surface area (TPSA) is 33.0 Å². The second kappa shape index (κ2) is 4.88. The van der Waals surface area contributed by atoms with Gasteiger partial charge in [-0.1, -0.05) is 28.1 Å². The van der Waals surface area contributed by atoms with E-state index in [1.165, 1.54) is 0 Å². The van der Waals surface area contributed by atoms with Crippen LogP contribution in [0.5, 0.6) is 5.75 Å². The van der Waals surface area contributed by atoms with Crippen molar-refractivity contribution >= 4 is 15.9 Å². The van der Waals surface area contributed by atoms with Gasteiger partial charge in [-0.3, -0.25) is 0 Å². The summed E-state index contributed by atoms with van der Waals surface area (Å²) in [4.78, 5) is 0. The number of nitriles is 1. The first-order chi connectivity index (χ1) is 6.31. The molecule has 0 aromatic heterocycles. The SMILES string of the molecule is COc1ccc(CC#N)cc1CBr. The summed E-state index contributed by atoms with van der Waals surface area (Å²) in [7, 11) is 1.64. The third-order valence-electron chi connectivity index (χ3n) is 1.77. The van der Waals surface area contributed by atoms with Crippen LogP contribution in [0.1, 0.15) is 11.1 Å². The summed E-state index contributed by atoms with van der Waals surface area (Å²) in [5.41, 5.74) is 2.10. The average molecular weight is 240 g/mol. The number of alkyl halides is 1. The first-order valence-corrected chi connectivity index (χ1v) is 5.02. The van der Waals surface area contributed by atoms with Gasteiger partial charge in [-0.15, -0.1) is 0 Å². The number of hydrogen-bond acceptors (Lipinski definition) is 2. The maximum atomic E-state index is 8.52. The summed E-state index contributed by atoms with van der Waals surface area (Å²) in [6.45, 7) is 0. The average Bonchev–Trinajstić information content (AvgIpc) is 2.18. The second-order valence-electron chi connectivity index (χ2n) is 2.61. The van der Waals surface area contributed by atoms with Gasteiger partial charge in [-0.25, -0.2) is 0 Å². The predicted octanol–water partition coefficient (Wildman–Crippen LogP) is 2.66. The van der Waals surface area contributed by atoms with E-state index in [1.807, 2.05) is 18.2 Å². The molecular weight excluding hydrogens is 230 g/mol. The Morgan fingerprint density at radius 1 is 1.54 bits per heavy atom. The fourth-order valence-electron chi connectivity index (χ4n) is 1.14. The molecule has 0 bridgehead atoms. The Morgan fingerprint density at radius 3 is 2.85 bits per heavy atom. The molecule has 13 heavy (non-hydrogen) atoms. The largest absolute Gasteiger partial charge is 0.496 e. The number of benzene rings is 1. The van der Waals surface area contributed by atoms with Crippen LogP contribution >= 0.6 is 15.9 Å². The minimum absolute atomic E-state index is 0.448. The van der Waals surface area contributed by atoms with Crippen molar-refractivity contribution in [2.45, 2.75) is 11.8 Å². The van der Waals surface area contributed by atoms with Gasteiger partial charge < -0.3 is 4.74 Å². The molecule has 0 atom stereocenters. The number of methoxy groups -OCH3 is 1. The molecule has 0 N–H and O–H groups in total. The first-order valence-electron chi connectivity index (χ1n) is 3.90. The van der Waals surface area contributed by atoms with Gasteiger partial charge in [0.25, 0.3) is 0 Å². The van der Waals surface area contributed by atoms with E-state index in [1.54, 1.807) is 7.11 Å². The molecule has 0 fully saturated rings. The van der Waals surface area contributed by atoms with Crippen molar-refractivity contribution in [1.29, 1.82) is 5.26 Å². The fraction of sp³-hybridized carbons (Fsp3) is 0.300. The minimum atomic E-state index is 0.448. The van der Waals surface area contributed by atoms with Crippen molar-refractivity contribution in [3.05, 3.63) is 29.3 Å². The van der Waals surface area contributed by atoms with E-state index in [9.17, 15) is 0 Å². The normalized spacial score (nSPS) is 9.31. The van der Waals surface area contributed by atoms with Crippen LogP contribution < -0.4 is 4.74 Å². The highest BCUT2D eigenvalue weighted by Gasteiger charge is 2.02. The predicted molar refractivity (Wildman–Crippen MR) is 54.9 cm³/mol. The Bertz CT molecular complexity index is 330. The van der Waals surface area contributed by atoms with Crippen molar-refractivity contribution in [3.63, 3.8) is 0 Å². The smallest absolute Gasteiger partial charge is 0.122 e. The quantitative estimate of drug-likeness (QED) is 0.761. The van der Waals surface area contributed by atoms with E-state index in [-0.39, 0.29) is 0 Å². The number of rotatable bonds is 3. The van der Waals surface area contributed by atoms with Crippen LogP contribution in [0.25, 0.3) is 0 Å². The van der Waals surface area contributed by atoms with Gasteiger partial charge >= 0.3 is 0 Å². The molecule has 0 amide bonds. The van der Waals surface area contributed by atoms with Gasteiger partial charge in [0.05, 0.1) is 19.6 Å². The molecule has 0 aliphatic rings. The molecule has 0 spiro atoms. The van der Waals surface area contributed by atoms with Crippen molar-refractivity contribution in [2.24, 2.45) is 0 Å². The lowest BCUT2D eigenvalue weighted by molar-refractivity contribution is 0.411. The van der Waals surface area contributed by atoms with Crippen molar-refractivity contribution in [1.82, 2.24) is 0 Å². The van der Waals surface area contributed by atoms with E-state index >= 15 is 0 Å². The van der Waals surface area contributed by atoms with E-state index in [0.717, 1.165) is 22.2 Å². The highest BCUT2D eigenvalue weighted by atomic mass is 79.9. The lowest BCUT2D eigenvalue weighted by Crippen LogP contribution is -1.91. The molecule has 0 saturated carbocycles. The van der Waals surface area contributed by atoms with Crippen LogP contribution in [0.4, 0.5) is 0 Å². The standard InChI is InChI=1S/C10H10BrNO/c1-13-10-3-2-8(4-5-12)6-9(10)7-11/h2-3,6H,4,7H2,1H3. The third-order valence-corrected chi connectivity index (χ3v) is 2.38. The minimum Gasteiger partial charge on any atom is -0.496 e. The molecule has 0 radical (unpaired) electrons. The highest BCUT2D eigenvalue weighted by molar-refractivity contribution is 9.08. The zero-order valence-electron chi connectivity index (χ0n) is 7.38. The number of halogens is 1. The summed E-state index contributed by atoms with van der Waals surface area (Å²) in [5, 5.41) is 9.26. The van der Waals surface area contributed by atoms with E-state index in [2.05, 4.69) is 22.0 Å². The molecule has 2 nitrogen and oxygen atoms in total. The first kappa shape index (κ1) is 10.1. The third kappa shape index (κ3) is 2.46. The van der Waals surface area contributed by atoms with E-state index < -0.39 is 0 Å². The fourth-order valence-corrected chi connectivity index (χ4v) is 1.58. The van der Waals surface area contributed by atoms with Crippen LogP contribution in [-0.4, -0.2) is 7.11 Å². The lowest BCUT2D eigenvalue weighted by Gasteiger charge is -2.06. The Kier molecular flexibility index (Phi) is 3.78. The van der Waals surface area contributed by atoms with Gasteiger partial charge in [0.15, 0.2) is 0 Å². The van der Waals surface area contributed by atoms with Crippen LogP contribution in [0.15, 0.2) is 18.2 Å². The van der Waals surface area contributed by atoms with E-state index in [0.29, 0.717) is 6.42 Å². The Hall–Kier alpha value is -1.01. The number of nitrogens with zero attached hydrogens (tertiary/aromatic N) is 1. The maximum absolute atomic E-state index is 8.52. The molecule has 0 aliphatic heterocycles. The second-order valence-corrected chi connectivity index (χ2v) is 3.18. The van der Waals surface area contributed by atoms with Gasteiger partial charge in [-0.05, 0) is 11.6 Å². The molecule has 1 rings (SSSR count). The summed E-state index contributed by atoms with van der Waals surface area (Å²) >= 11 is 3.37. The monoisotopic (exact) mass is 239 g/mol. The Morgan fingerprint density at radius 2 is 2.31 bits per heavy atom. The molecule has 1 aromatic rings. The van der Waals surface area contributed by atoms with Crippen molar-refractivity contribution < 1.29 is 4.74 Å². The molecule has 3 heteroatoms. The maximum Gasteiger partial charge on any atom is 0.122 e. The van der Waals surface area contributed by atoms with Gasteiger partial charge in [0, 0.05) is 10.9 Å². The van der Waals surface area contributed by atoms with Crippen LogP contribution in [0.2, 0.25) is 0 Å². The van der Waals surface area contributed by atoms with E-state index in [4.69, 9.17) is 10.00 Å². The number of hydrogen-bond donors (Lipinski definition) is 0. The Balaban J connectivity index is 3.00. The molecule has 0 unspecified atom stereocenters. The Labute approximate surface area is 86.3 Å². The highest BCUT2D eigenvalue weighted by Crippen LogP contribution is 2.22. The molecule has 1 aromatic carbocycles. The van der Waals surface area contributed by atoms with Crippen molar-refractivity contribution in [2.75, 3.05) is 7.11 Å². The summed E-state index contributed by atoms with van der Waals surface area (Å²) < 4.78 is 5.16. The van der Waals surface area contributed by atoms with Gasteiger partial charge in [0.1, 0.15) is 5.75 Å². The zero-order chi connectivity index (χ0) is 9.68. The summed E-state index contributed by atoms with van der Waals surface area (Å²) in [5.74, 6) is 0.860. The number of ether oxygens (including phenoxy) is 1. The van der Waals surface area contributed by atoms with Crippen LogP contribution in [-0.2, 0) is 11.8 Å². The lowest BCUT2D eigenvalue weighted by atomic mass is 10.1. The van der Waals surface area contributed by atoms with Gasteiger partial charge in [0.2, 0.25) is 0 Å². The van der Waals surface area contributed by atoms with Crippen LogP contribution in [0, 0.1) is 11.3 Å². The van der Waals surface area contributed by atoms with Gasteiger partial charge in [-0.2, -0.15) is 5.26 Å². The summed E-state index contributed by atoms with van der Waals surface area (Å²) in [6, 6.07) is 7.90. The molecule has 0 heterocycles. The van der Waals surface area contributed by atoms with Crippen molar-refractivity contribution in [3.8, 4) is 11.8 Å². The molecular formula is C10H10BrNO. The summed E-state index contributed by atoms with van der Waals surface area (Å²) in [6.07, 6.45) is 0.448. The molecule has 0 aliphatic carbocycles. The van der Waals surface area contributed by atoms with Crippen LogP contribution in [0.3, 0.4) is 0 Å². The molecule has 68 valence electrons. The molecule has 0 saturated heterocycles.